The monoisotopic (exact) mass is 352 g/mol. The number of para-hydroxylation sites is 1. The average molecular weight is 353 g/mol. The minimum Gasteiger partial charge on any atom is -0.352 e. The highest BCUT2D eigenvalue weighted by atomic mass is 35.5. The number of halogens is 1. The summed E-state index contributed by atoms with van der Waals surface area (Å²) in [6, 6.07) is 16.8. The highest BCUT2D eigenvalue weighted by Crippen LogP contribution is 2.11. The maximum Gasteiger partial charge on any atom is 0.255 e. The zero-order valence-corrected chi connectivity index (χ0v) is 14.2. The number of carbonyl (C=O) groups excluding carboxylic acids is 1. The molecule has 0 atom stereocenters. The fourth-order valence-electron chi connectivity index (χ4n) is 2.53. The van der Waals surface area contributed by atoms with Crippen molar-refractivity contribution in [3.63, 3.8) is 0 Å². The highest BCUT2D eigenvalue weighted by Gasteiger charge is 2.01. The van der Waals surface area contributed by atoms with Gasteiger partial charge in [-0.25, -0.2) is 0 Å². The number of benzene rings is 2. The Hall–Kier alpha value is -2.85. The second kappa shape index (κ2) is 7.81. The molecule has 3 rings (SSSR count). The molecule has 25 heavy (non-hydrogen) atoms. The van der Waals surface area contributed by atoms with E-state index in [2.05, 4.69) is 10.3 Å². The molecule has 0 unspecified atom stereocenters. The molecule has 0 saturated heterocycles. The van der Waals surface area contributed by atoms with Crippen LogP contribution >= 0.6 is 11.6 Å². The van der Waals surface area contributed by atoms with Crippen molar-refractivity contribution in [1.29, 1.82) is 0 Å². The minimum atomic E-state index is -0.241. The van der Waals surface area contributed by atoms with Gasteiger partial charge >= 0.3 is 0 Å². The number of H-pyrrole nitrogens is 1. The number of carbonyl (C=O) groups is 1. The van der Waals surface area contributed by atoms with E-state index in [-0.39, 0.29) is 11.5 Å². The average Bonchev–Trinajstić information content (AvgIpc) is 2.60. The standard InChI is InChI=1S/C20H17ClN2O2/c21-17-6-3-4-14(12-17)10-11-22-19(24)9-8-16-13-15-5-1-2-7-18(15)23-20(16)25/h1-9,12-13H,10-11H2,(H,22,24)(H,23,25)/b9-8+. The topological polar surface area (TPSA) is 62.0 Å². The Kier molecular flexibility index (Phi) is 5.31. The van der Waals surface area contributed by atoms with Crippen molar-refractivity contribution in [1.82, 2.24) is 10.3 Å². The van der Waals surface area contributed by atoms with E-state index < -0.39 is 0 Å². The molecule has 3 aromatic rings. The van der Waals surface area contributed by atoms with Crippen LogP contribution in [0.1, 0.15) is 11.1 Å². The van der Waals surface area contributed by atoms with Crippen LogP contribution in [-0.4, -0.2) is 17.4 Å². The van der Waals surface area contributed by atoms with E-state index in [1.54, 1.807) is 6.07 Å². The van der Waals surface area contributed by atoms with Gasteiger partial charge in [0.25, 0.3) is 5.56 Å². The summed E-state index contributed by atoms with van der Waals surface area (Å²) in [6.07, 6.45) is 3.59. The van der Waals surface area contributed by atoms with Gasteiger partial charge in [-0.05, 0) is 47.7 Å². The molecule has 1 aromatic heterocycles. The van der Waals surface area contributed by atoms with Crippen LogP contribution in [0.4, 0.5) is 0 Å². The fourth-order valence-corrected chi connectivity index (χ4v) is 2.75. The van der Waals surface area contributed by atoms with E-state index in [1.165, 1.54) is 12.2 Å². The predicted molar refractivity (Wildman–Crippen MR) is 102 cm³/mol. The summed E-state index contributed by atoms with van der Waals surface area (Å²) in [4.78, 5) is 26.7. The second-order valence-corrected chi connectivity index (χ2v) is 6.08. The third-order valence-corrected chi connectivity index (χ3v) is 4.03. The first-order valence-corrected chi connectivity index (χ1v) is 8.32. The third kappa shape index (κ3) is 4.58. The zero-order valence-electron chi connectivity index (χ0n) is 13.5. The Morgan fingerprint density at radius 2 is 1.96 bits per heavy atom. The van der Waals surface area contributed by atoms with Crippen LogP contribution in [0.2, 0.25) is 5.02 Å². The van der Waals surface area contributed by atoms with Gasteiger partial charge in [0.05, 0.1) is 0 Å². The second-order valence-electron chi connectivity index (χ2n) is 5.65. The molecule has 0 aliphatic heterocycles. The summed E-state index contributed by atoms with van der Waals surface area (Å²) in [5.74, 6) is -0.241. The number of aromatic amines is 1. The van der Waals surface area contributed by atoms with Crippen molar-refractivity contribution in [2.45, 2.75) is 6.42 Å². The summed E-state index contributed by atoms with van der Waals surface area (Å²) >= 11 is 5.93. The third-order valence-electron chi connectivity index (χ3n) is 3.80. The van der Waals surface area contributed by atoms with Gasteiger partial charge in [-0.3, -0.25) is 9.59 Å². The Balaban J connectivity index is 1.61. The predicted octanol–water partition coefficient (Wildman–Crippen LogP) is 3.55. The number of amides is 1. The van der Waals surface area contributed by atoms with Crippen molar-refractivity contribution in [3.05, 3.63) is 87.2 Å². The molecule has 2 aromatic carbocycles. The summed E-state index contributed by atoms with van der Waals surface area (Å²) in [5, 5.41) is 4.40. The first-order chi connectivity index (χ1) is 12.1. The number of nitrogens with one attached hydrogen (secondary N) is 2. The number of aromatic nitrogens is 1. The molecular weight excluding hydrogens is 336 g/mol. The van der Waals surface area contributed by atoms with Gasteiger partial charge in [0, 0.05) is 28.7 Å². The van der Waals surface area contributed by atoms with E-state index in [4.69, 9.17) is 11.6 Å². The molecule has 5 heteroatoms. The molecule has 1 amide bonds. The molecule has 0 bridgehead atoms. The van der Waals surface area contributed by atoms with E-state index in [1.807, 2.05) is 48.5 Å². The van der Waals surface area contributed by atoms with Gasteiger partial charge < -0.3 is 10.3 Å². The lowest BCUT2D eigenvalue weighted by Crippen LogP contribution is -2.23. The summed E-state index contributed by atoms with van der Waals surface area (Å²) in [5.41, 5.74) is 2.06. The number of rotatable bonds is 5. The molecule has 126 valence electrons. The fraction of sp³-hybridized carbons (Fsp3) is 0.100. The van der Waals surface area contributed by atoms with Crippen LogP contribution in [-0.2, 0) is 11.2 Å². The number of pyridine rings is 1. The zero-order chi connectivity index (χ0) is 17.6. The smallest absolute Gasteiger partial charge is 0.255 e. The normalized spacial score (nSPS) is 11.1. The van der Waals surface area contributed by atoms with Gasteiger partial charge in [0.2, 0.25) is 5.91 Å². The lowest BCUT2D eigenvalue weighted by molar-refractivity contribution is -0.116. The molecule has 0 aliphatic carbocycles. The molecule has 2 N–H and O–H groups in total. The van der Waals surface area contributed by atoms with Gasteiger partial charge in [-0.15, -0.1) is 0 Å². The highest BCUT2D eigenvalue weighted by molar-refractivity contribution is 6.30. The molecule has 0 fully saturated rings. The first kappa shape index (κ1) is 17.0. The molecule has 0 radical (unpaired) electrons. The number of hydrogen-bond donors (Lipinski definition) is 2. The van der Waals surface area contributed by atoms with Crippen molar-refractivity contribution < 1.29 is 4.79 Å². The Morgan fingerprint density at radius 3 is 2.80 bits per heavy atom. The molecule has 1 heterocycles. The van der Waals surface area contributed by atoms with Crippen molar-refractivity contribution >= 4 is 34.5 Å². The van der Waals surface area contributed by atoms with E-state index in [0.717, 1.165) is 16.5 Å². The van der Waals surface area contributed by atoms with Crippen LogP contribution < -0.4 is 10.9 Å². The van der Waals surface area contributed by atoms with Crippen LogP contribution in [0.5, 0.6) is 0 Å². The van der Waals surface area contributed by atoms with Crippen molar-refractivity contribution in [2.24, 2.45) is 0 Å². The van der Waals surface area contributed by atoms with Crippen LogP contribution in [0.3, 0.4) is 0 Å². The van der Waals surface area contributed by atoms with E-state index in [0.29, 0.717) is 23.6 Å². The molecule has 4 nitrogen and oxygen atoms in total. The summed E-state index contributed by atoms with van der Waals surface area (Å²) in [7, 11) is 0. The lowest BCUT2D eigenvalue weighted by Gasteiger charge is -2.03. The quantitative estimate of drug-likeness (QED) is 0.690. The van der Waals surface area contributed by atoms with Crippen molar-refractivity contribution in [3.8, 4) is 0 Å². The first-order valence-electron chi connectivity index (χ1n) is 7.94. The van der Waals surface area contributed by atoms with Crippen LogP contribution in [0.25, 0.3) is 17.0 Å². The van der Waals surface area contributed by atoms with Crippen molar-refractivity contribution in [2.75, 3.05) is 6.54 Å². The SMILES string of the molecule is O=C(/C=C/c1cc2ccccc2[nH]c1=O)NCCc1cccc(Cl)c1. The van der Waals surface area contributed by atoms with Gasteiger partial charge in [-0.2, -0.15) is 0 Å². The maximum atomic E-state index is 12.0. The molecule has 0 saturated carbocycles. The Morgan fingerprint density at radius 1 is 1.12 bits per heavy atom. The molecule has 0 aliphatic rings. The van der Waals surface area contributed by atoms with Gasteiger partial charge in [0.15, 0.2) is 0 Å². The summed E-state index contributed by atoms with van der Waals surface area (Å²) in [6.45, 7) is 0.498. The maximum absolute atomic E-state index is 12.0. The largest absolute Gasteiger partial charge is 0.352 e. The minimum absolute atomic E-state index is 0.221. The summed E-state index contributed by atoms with van der Waals surface area (Å²) < 4.78 is 0. The molecular formula is C20H17ClN2O2. The lowest BCUT2D eigenvalue weighted by atomic mass is 10.1. The molecule has 0 spiro atoms. The van der Waals surface area contributed by atoms with Crippen LogP contribution in [0.15, 0.2) is 65.5 Å². The van der Waals surface area contributed by atoms with Crippen LogP contribution in [0, 0.1) is 0 Å². The van der Waals surface area contributed by atoms with Gasteiger partial charge in [-0.1, -0.05) is 41.9 Å². The van der Waals surface area contributed by atoms with E-state index >= 15 is 0 Å². The Bertz CT molecular complexity index is 992. The van der Waals surface area contributed by atoms with Gasteiger partial charge in [0.1, 0.15) is 0 Å². The number of hydrogen-bond acceptors (Lipinski definition) is 2. The van der Waals surface area contributed by atoms with E-state index in [9.17, 15) is 9.59 Å². The Labute approximate surface area is 150 Å². The number of fused-ring (bicyclic) bond motifs is 1.